The van der Waals surface area contributed by atoms with E-state index in [1.54, 1.807) is 6.33 Å². The molecule has 4 nitrogen and oxygen atoms in total. The van der Waals surface area contributed by atoms with Crippen LogP contribution in [0.15, 0.2) is 54.6 Å². The van der Waals surface area contributed by atoms with Gasteiger partial charge in [0.1, 0.15) is 12.1 Å². The third-order valence-electron chi connectivity index (χ3n) is 8.86. The number of nitrogens with zero attached hydrogens (tertiary/aromatic N) is 2. The molecule has 1 heterocycles. The number of aliphatic hydroxyl groups is 1. The topological polar surface area (TPSA) is 63.1 Å². The van der Waals surface area contributed by atoms with E-state index in [9.17, 15) is 9.90 Å². The van der Waals surface area contributed by atoms with Crippen LogP contribution < -0.4 is 0 Å². The Balaban J connectivity index is 0.000000363. The number of aliphatic hydroxyl groups excluding tert-OH is 1. The van der Waals surface area contributed by atoms with Crippen molar-refractivity contribution in [2.45, 2.75) is 108 Å². The Bertz CT molecular complexity index is 1630. The Kier molecular flexibility index (Phi) is 12.7. The smallest absolute Gasteiger partial charge is 0.164 e. The molecule has 0 aliphatic heterocycles. The molecule has 0 amide bonds. The number of rotatable bonds is 8. The first-order chi connectivity index (χ1) is 20.0. The molecular formula is C39H51IrN2O2-. The van der Waals surface area contributed by atoms with Gasteiger partial charge in [0, 0.05) is 42.4 Å². The summed E-state index contributed by atoms with van der Waals surface area (Å²) in [7, 11) is 0. The number of carbonyl (C=O) groups is 1. The van der Waals surface area contributed by atoms with Crippen molar-refractivity contribution in [3.8, 4) is 11.3 Å². The van der Waals surface area contributed by atoms with Gasteiger partial charge in [0.2, 0.25) is 0 Å². The first-order valence-corrected chi connectivity index (χ1v) is 15.7. The maximum absolute atomic E-state index is 11.8. The van der Waals surface area contributed by atoms with Gasteiger partial charge in [-0.1, -0.05) is 107 Å². The van der Waals surface area contributed by atoms with Crippen molar-refractivity contribution in [3.05, 3.63) is 82.9 Å². The van der Waals surface area contributed by atoms with Crippen molar-refractivity contribution < 1.29 is 30.0 Å². The number of allylic oxidation sites excluding steroid dienone is 2. The molecule has 4 aromatic rings. The predicted octanol–water partition coefficient (Wildman–Crippen LogP) is 11.0. The van der Waals surface area contributed by atoms with E-state index >= 15 is 0 Å². The molecule has 4 rings (SSSR count). The Hall–Kier alpha value is -2.88. The van der Waals surface area contributed by atoms with E-state index in [0.717, 1.165) is 40.6 Å². The Labute approximate surface area is 279 Å². The zero-order valence-corrected chi connectivity index (χ0v) is 31.2. The summed E-state index contributed by atoms with van der Waals surface area (Å²) in [5.41, 5.74) is 7.45. The van der Waals surface area contributed by atoms with Crippen molar-refractivity contribution in [3.63, 3.8) is 0 Å². The normalized spacial score (nSPS) is 12.4. The number of benzene rings is 3. The summed E-state index contributed by atoms with van der Waals surface area (Å²) in [4.78, 5) is 21.2. The molecule has 5 heteroatoms. The van der Waals surface area contributed by atoms with Gasteiger partial charge in [0.25, 0.3) is 0 Å². The van der Waals surface area contributed by atoms with Crippen LogP contribution in [0, 0.1) is 30.7 Å². The molecule has 0 saturated carbocycles. The minimum atomic E-state index is -0.377. The van der Waals surface area contributed by atoms with Crippen molar-refractivity contribution in [1.29, 1.82) is 0 Å². The summed E-state index contributed by atoms with van der Waals surface area (Å²) in [6.07, 6.45) is 4.69. The fourth-order valence-electron chi connectivity index (χ4n) is 4.94. The molecule has 1 N–H and O–H groups in total. The first-order valence-electron chi connectivity index (χ1n) is 15.7. The third-order valence-corrected chi connectivity index (χ3v) is 8.86. The minimum Gasteiger partial charge on any atom is -0.512 e. The fourth-order valence-corrected chi connectivity index (χ4v) is 4.94. The minimum absolute atomic E-state index is 0. The first kappa shape index (κ1) is 37.3. The van der Waals surface area contributed by atoms with Crippen LogP contribution in [-0.4, -0.2) is 20.9 Å². The summed E-state index contributed by atoms with van der Waals surface area (Å²) >= 11 is 0. The maximum atomic E-state index is 11.8. The van der Waals surface area contributed by atoms with Crippen molar-refractivity contribution >= 4 is 27.5 Å². The molecule has 0 fully saturated rings. The van der Waals surface area contributed by atoms with Gasteiger partial charge in [-0.25, -0.2) is 4.98 Å². The van der Waals surface area contributed by atoms with E-state index in [4.69, 9.17) is 4.98 Å². The molecule has 1 aromatic heterocycles. The van der Waals surface area contributed by atoms with Gasteiger partial charge in [0.05, 0.1) is 5.52 Å². The van der Waals surface area contributed by atoms with Gasteiger partial charge in [-0.05, 0) is 52.3 Å². The van der Waals surface area contributed by atoms with Crippen LogP contribution in [0.2, 0.25) is 0 Å². The summed E-state index contributed by atoms with van der Waals surface area (Å²) in [5, 5.41) is 13.5. The van der Waals surface area contributed by atoms with Crippen LogP contribution in [0.3, 0.4) is 0 Å². The summed E-state index contributed by atoms with van der Waals surface area (Å²) in [6, 6.07) is 16.9. The van der Waals surface area contributed by atoms with E-state index in [1.807, 2.05) is 41.5 Å². The van der Waals surface area contributed by atoms with Crippen LogP contribution >= 0.6 is 0 Å². The second-order valence-corrected chi connectivity index (χ2v) is 13.8. The van der Waals surface area contributed by atoms with Crippen molar-refractivity contribution in [2.24, 2.45) is 10.8 Å². The van der Waals surface area contributed by atoms with Gasteiger partial charge < -0.3 is 5.11 Å². The molecule has 1 radical (unpaired) electrons. The number of hydrogen-bond acceptors (Lipinski definition) is 4. The van der Waals surface area contributed by atoms with Crippen LogP contribution in [0.1, 0.15) is 116 Å². The second-order valence-electron chi connectivity index (χ2n) is 13.8. The molecular weight excluding hydrogens is 721 g/mol. The molecule has 0 aliphatic carbocycles. The van der Waals surface area contributed by atoms with Crippen LogP contribution in [0.5, 0.6) is 0 Å². The number of carbonyl (C=O) groups excluding carboxylic acids is 1. The molecule has 239 valence electrons. The standard InChI is InChI=1S/C26H27N2.C13H24O2.Ir/c1-15(2)20-12-19-7-8-22-25(21-10-17(5)9-18(6)11-21)27-14-28-26(22)24(19)23(13-20)16(3)4;1-7-12(3,4)10(14)9-11(15)13(5,6)8-2;/h7-10,12-16H,1-6H3;9,14H,7-8H2,1-6H3;/q-1;;/b;10-9-;. The number of hydrogen-bond donors (Lipinski definition) is 1. The van der Waals surface area contributed by atoms with E-state index < -0.39 is 0 Å². The fraction of sp³-hybridized carbons (Fsp3) is 0.462. The molecule has 3 aromatic carbocycles. The second kappa shape index (κ2) is 14.9. The quantitative estimate of drug-likeness (QED) is 0.0839. The molecule has 44 heavy (non-hydrogen) atoms. The number of aromatic nitrogens is 2. The summed E-state index contributed by atoms with van der Waals surface area (Å²) < 4.78 is 0. The molecule has 0 unspecified atom stereocenters. The van der Waals surface area contributed by atoms with Crippen LogP contribution in [-0.2, 0) is 24.9 Å². The Morgan fingerprint density at radius 2 is 1.55 bits per heavy atom. The third kappa shape index (κ3) is 8.43. The Morgan fingerprint density at radius 1 is 0.909 bits per heavy atom. The van der Waals surface area contributed by atoms with Crippen LogP contribution in [0.4, 0.5) is 0 Å². The van der Waals surface area contributed by atoms with Crippen molar-refractivity contribution in [2.75, 3.05) is 0 Å². The average Bonchev–Trinajstić information content (AvgIpc) is 2.95. The SMILES string of the molecule is CCC(C)(C)C(=O)/C=C(\O)C(C)(C)CC.Cc1[c-]c(-c2ncnc3c2ccc2cc(C(C)C)cc(C(C)C)c23)cc(C)c1.[Ir]. The molecule has 0 atom stereocenters. The average molecular weight is 772 g/mol. The summed E-state index contributed by atoms with van der Waals surface area (Å²) in [5.74, 6) is 1.13. The van der Waals surface area contributed by atoms with Gasteiger partial charge in [-0.2, -0.15) is 0 Å². The number of fused-ring (bicyclic) bond motifs is 3. The molecule has 0 aliphatic rings. The number of aryl methyl sites for hydroxylation is 2. The largest absolute Gasteiger partial charge is 0.512 e. The van der Waals surface area contributed by atoms with E-state index in [2.05, 4.69) is 89.0 Å². The van der Waals surface area contributed by atoms with E-state index in [0.29, 0.717) is 11.8 Å². The zero-order valence-electron chi connectivity index (χ0n) is 28.8. The van der Waals surface area contributed by atoms with E-state index in [1.165, 1.54) is 33.5 Å². The van der Waals surface area contributed by atoms with Crippen molar-refractivity contribution in [1.82, 2.24) is 9.97 Å². The maximum Gasteiger partial charge on any atom is 0.164 e. The molecule has 0 bridgehead atoms. The van der Waals surface area contributed by atoms with Crippen LogP contribution in [0.25, 0.3) is 32.9 Å². The van der Waals surface area contributed by atoms with Gasteiger partial charge >= 0.3 is 0 Å². The van der Waals surface area contributed by atoms with Gasteiger partial charge in [-0.15, -0.1) is 34.9 Å². The van der Waals surface area contributed by atoms with E-state index in [-0.39, 0.29) is 42.5 Å². The van der Waals surface area contributed by atoms with Gasteiger partial charge in [-0.3, -0.25) is 9.78 Å². The number of ketones is 1. The van der Waals surface area contributed by atoms with Gasteiger partial charge in [0.15, 0.2) is 5.78 Å². The molecule has 0 spiro atoms. The summed E-state index contributed by atoms with van der Waals surface area (Å²) in [6.45, 7) is 24.9. The predicted molar refractivity (Wildman–Crippen MR) is 183 cm³/mol. The monoisotopic (exact) mass is 772 g/mol. The zero-order chi connectivity index (χ0) is 32.3. The molecule has 0 saturated heterocycles. The Morgan fingerprint density at radius 3 is 2.09 bits per heavy atom.